The zero-order chi connectivity index (χ0) is 9.14. The minimum Gasteiger partial charge on any atom is -0.409 e. The first-order valence-electron chi connectivity index (χ1n) is 3.19. The van der Waals surface area contributed by atoms with E-state index in [1.54, 1.807) is 6.07 Å². The molecule has 0 saturated carbocycles. The average molecular weight is 231 g/mol. The van der Waals surface area contributed by atoms with E-state index in [2.05, 4.69) is 25.7 Å². The lowest BCUT2D eigenvalue weighted by atomic mass is 10.4. The number of hydrogen-bond acceptors (Lipinski definition) is 3. The van der Waals surface area contributed by atoms with Crippen molar-refractivity contribution in [1.29, 1.82) is 0 Å². The minimum atomic E-state index is -0.840. The van der Waals surface area contributed by atoms with E-state index < -0.39 is 6.09 Å². The van der Waals surface area contributed by atoms with Crippen LogP contribution in [0.25, 0.3) is 0 Å². The molecule has 64 valence electrons. The molecule has 4 nitrogen and oxygen atoms in total. The van der Waals surface area contributed by atoms with Crippen LogP contribution in [0, 0.1) is 6.92 Å². The van der Waals surface area contributed by atoms with Gasteiger partial charge in [-0.15, -0.1) is 0 Å². The van der Waals surface area contributed by atoms with Crippen molar-refractivity contribution in [1.82, 2.24) is 4.98 Å². The van der Waals surface area contributed by atoms with Crippen LogP contribution < -0.4 is 10.5 Å². The number of nitrogens with zero attached hydrogens (tertiary/aromatic N) is 1. The standard InChI is InChI=1S/C7H7BrN2O2/c1-4-6(8)2-5(3-10-4)12-7(9)11/h2-3H,1H3,(H2,9,11). The highest BCUT2D eigenvalue weighted by Gasteiger charge is 2.01. The van der Waals surface area contributed by atoms with Crippen LogP contribution in [0.2, 0.25) is 0 Å². The maximum absolute atomic E-state index is 10.3. The first-order chi connectivity index (χ1) is 5.59. The largest absolute Gasteiger partial charge is 0.410 e. The van der Waals surface area contributed by atoms with E-state index >= 15 is 0 Å². The SMILES string of the molecule is Cc1ncc(OC(N)=O)cc1Br. The van der Waals surface area contributed by atoms with Gasteiger partial charge < -0.3 is 10.5 Å². The fourth-order valence-electron chi connectivity index (χ4n) is 0.661. The summed E-state index contributed by atoms with van der Waals surface area (Å²) in [5.41, 5.74) is 5.63. The van der Waals surface area contributed by atoms with Crippen LogP contribution in [0.5, 0.6) is 5.75 Å². The molecule has 0 fully saturated rings. The molecule has 0 aliphatic rings. The predicted octanol–water partition coefficient (Wildman–Crippen LogP) is 1.61. The molecule has 0 spiro atoms. The van der Waals surface area contributed by atoms with Gasteiger partial charge in [0.15, 0.2) is 5.75 Å². The molecule has 1 heterocycles. The maximum atomic E-state index is 10.3. The summed E-state index contributed by atoms with van der Waals surface area (Å²) in [6.07, 6.45) is 0.595. The molecule has 0 aromatic carbocycles. The van der Waals surface area contributed by atoms with Crippen LogP contribution in [-0.4, -0.2) is 11.1 Å². The van der Waals surface area contributed by atoms with E-state index in [1.165, 1.54) is 6.20 Å². The molecule has 0 aliphatic heterocycles. The smallest absolute Gasteiger partial charge is 0.409 e. The Morgan fingerprint density at radius 2 is 2.42 bits per heavy atom. The van der Waals surface area contributed by atoms with Crippen LogP contribution in [0.3, 0.4) is 0 Å². The lowest BCUT2D eigenvalue weighted by molar-refractivity contribution is 0.210. The quantitative estimate of drug-likeness (QED) is 0.798. The summed E-state index contributed by atoms with van der Waals surface area (Å²) in [5, 5.41) is 0. The van der Waals surface area contributed by atoms with Crippen LogP contribution in [0.1, 0.15) is 5.69 Å². The second kappa shape index (κ2) is 3.53. The van der Waals surface area contributed by atoms with Crippen LogP contribution >= 0.6 is 15.9 Å². The summed E-state index contributed by atoms with van der Waals surface area (Å²) in [6.45, 7) is 1.83. The molecule has 1 aromatic rings. The van der Waals surface area contributed by atoms with Crippen molar-refractivity contribution >= 4 is 22.0 Å². The van der Waals surface area contributed by atoms with Crippen molar-refractivity contribution in [3.05, 3.63) is 22.4 Å². The van der Waals surface area contributed by atoms with Gasteiger partial charge in [0, 0.05) is 4.47 Å². The van der Waals surface area contributed by atoms with E-state index in [-0.39, 0.29) is 0 Å². The Bertz CT molecular complexity index is 314. The zero-order valence-electron chi connectivity index (χ0n) is 6.37. The molecule has 0 bridgehead atoms. The number of hydrogen-bond donors (Lipinski definition) is 1. The lowest BCUT2D eigenvalue weighted by Crippen LogP contribution is -2.16. The number of carbonyl (C=O) groups excluding carboxylic acids is 1. The molecule has 0 radical (unpaired) electrons. The first kappa shape index (κ1) is 8.99. The van der Waals surface area contributed by atoms with Gasteiger partial charge in [0.25, 0.3) is 0 Å². The number of aryl methyl sites for hydroxylation is 1. The van der Waals surface area contributed by atoms with Gasteiger partial charge in [0.1, 0.15) is 0 Å². The van der Waals surface area contributed by atoms with Crippen LogP contribution in [-0.2, 0) is 0 Å². The number of carbonyl (C=O) groups is 1. The second-order valence-electron chi connectivity index (χ2n) is 2.16. The molecule has 12 heavy (non-hydrogen) atoms. The number of aromatic nitrogens is 1. The maximum Gasteiger partial charge on any atom is 0.410 e. The van der Waals surface area contributed by atoms with Crippen molar-refractivity contribution in [3.63, 3.8) is 0 Å². The Labute approximate surface area is 77.9 Å². The Hall–Kier alpha value is -1.10. The van der Waals surface area contributed by atoms with Gasteiger partial charge in [0.05, 0.1) is 11.9 Å². The van der Waals surface area contributed by atoms with E-state index in [0.29, 0.717) is 5.75 Å². The summed E-state index contributed by atoms with van der Waals surface area (Å²) in [6, 6.07) is 1.63. The monoisotopic (exact) mass is 230 g/mol. The molecule has 0 saturated heterocycles. The third-order valence-corrected chi connectivity index (χ3v) is 2.02. The van der Waals surface area contributed by atoms with Gasteiger partial charge in [-0.2, -0.15) is 0 Å². The van der Waals surface area contributed by atoms with E-state index in [0.717, 1.165) is 10.2 Å². The third-order valence-electron chi connectivity index (χ3n) is 1.22. The Balaban J connectivity index is 2.89. The van der Waals surface area contributed by atoms with Gasteiger partial charge in [0.2, 0.25) is 0 Å². The van der Waals surface area contributed by atoms with Crippen LogP contribution in [0.15, 0.2) is 16.7 Å². The third kappa shape index (κ3) is 2.20. The van der Waals surface area contributed by atoms with E-state index in [9.17, 15) is 4.79 Å². The molecule has 1 aromatic heterocycles. The Morgan fingerprint density at radius 1 is 1.75 bits per heavy atom. The number of pyridine rings is 1. The van der Waals surface area contributed by atoms with E-state index in [4.69, 9.17) is 5.73 Å². The Kier molecular flexibility index (Phi) is 2.65. The van der Waals surface area contributed by atoms with E-state index in [1.807, 2.05) is 6.92 Å². The summed E-state index contributed by atoms with van der Waals surface area (Å²) in [5.74, 6) is 0.333. The number of halogens is 1. The zero-order valence-corrected chi connectivity index (χ0v) is 7.96. The highest BCUT2D eigenvalue weighted by Crippen LogP contribution is 2.19. The molecule has 1 rings (SSSR count). The number of amides is 1. The number of nitrogens with two attached hydrogens (primary N) is 1. The van der Waals surface area contributed by atoms with Crippen molar-refractivity contribution < 1.29 is 9.53 Å². The minimum absolute atomic E-state index is 0.333. The predicted molar refractivity (Wildman–Crippen MR) is 46.9 cm³/mol. The average Bonchev–Trinajstić information content (AvgIpc) is 1.96. The lowest BCUT2D eigenvalue weighted by Gasteiger charge is -2.01. The summed E-state index contributed by atoms with van der Waals surface area (Å²) in [7, 11) is 0. The summed E-state index contributed by atoms with van der Waals surface area (Å²) >= 11 is 3.24. The molecule has 0 atom stereocenters. The second-order valence-corrected chi connectivity index (χ2v) is 3.01. The first-order valence-corrected chi connectivity index (χ1v) is 3.98. The molecule has 0 unspecified atom stereocenters. The van der Waals surface area contributed by atoms with Crippen molar-refractivity contribution in [2.24, 2.45) is 5.73 Å². The van der Waals surface area contributed by atoms with Crippen molar-refractivity contribution in [2.75, 3.05) is 0 Å². The molecule has 2 N–H and O–H groups in total. The fraction of sp³-hybridized carbons (Fsp3) is 0.143. The topological polar surface area (TPSA) is 65.2 Å². The molecule has 5 heteroatoms. The normalized spacial score (nSPS) is 9.50. The Morgan fingerprint density at radius 3 is 2.92 bits per heavy atom. The highest BCUT2D eigenvalue weighted by atomic mass is 79.9. The van der Waals surface area contributed by atoms with Gasteiger partial charge >= 0.3 is 6.09 Å². The number of ether oxygens (including phenoxy) is 1. The van der Waals surface area contributed by atoms with Gasteiger partial charge in [-0.3, -0.25) is 4.98 Å². The summed E-state index contributed by atoms with van der Waals surface area (Å²) < 4.78 is 5.38. The van der Waals surface area contributed by atoms with Gasteiger partial charge in [-0.05, 0) is 28.9 Å². The fourth-order valence-corrected chi connectivity index (χ4v) is 0.989. The highest BCUT2D eigenvalue weighted by molar-refractivity contribution is 9.10. The molecule has 0 aliphatic carbocycles. The number of primary amides is 1. The summed E-state index contributed by atoms with van der Waals surface area (Å²) in [4.78, 5) is 14.3. The molecular formula is C7H7BrN2O2. The molecule has 1 amide bonds. The molecular weight excluding hydrogens is 224 g/mol. The van der Waals surface area contributed by atoms with Crippen molar-refractivity contribution in [2.45, 2.75) is 6.92 Å². The van der Waals surface area contributed by atoms with Crippen molar-refractivity contribution in [3.8, 4) is 5.75 Å². The van der Waals surface area contributed by atoms with Crippen LogP contribution in [0.4, 0.5) is 4.79 Å². The van der Waals surface area contributed by atoms with Gasteiger partial charge in [-0.25, -0.2) is 4.79 Å². The van der Waals surface area contributed by atoms with Gasteiger partial charge in [-0.1, -0.05) is 0 Å². The number of rotatable bonds is 1.